The maximum atomic E-state index is 12.9. The maximum Gasteiger partial charge on any atom is 0.289 e. The van der Waals surface area contributed by atoms with E-state index in [2.05, 4.69) is 4.72 Å². The summed E-state index contributed by atoms with van der Waals surface area (Å²) in [5.41, 5.74) is 0.850. The van der Waals surface area contributed by atoms with Gasteiger partial charge in [0.1, 0.15) is 0 Å². The number of nitro benzene ring substituents is 1. The molecule has 1 aliphatic rings. The Balaban J connectivity index is 2.01. The number of nitrogens with zero attached hydrogens (tertiary/aromatic N) is 2. The summed E-state index contributed by atoms with van der Waals surface area (Å²) in [6.07, 6.45) is 0.702. The lowest BCUT2D eigenvalue weighted by Gasteiger charge is -2.39. The van der Waals surface area contributed by atoms with Crippen LogP contribution in [0.4, 0.5) is 11.4 Å². The largest absolute Gasteiger partial charge is 0.309 e. The van der Waals surface area contributed by atoms with Crippen LogP contribution in [0, 0.1) is 10.1 Å². The Kier molecular flexibility index (Phi) is 5.48. The summed E-state index contributed by atoms with van der Waals surface area (Å²) in [4.78, 5) is 24.2. The normalized spacial score (nSPS) is 19.1. The van der Waals surface area contributed by atoms with Crippen molar-refractivity contribution in [3.63, 3.8) is 0 Å². The molecule has 0 bridgehead atoms. The molecule has 0 saturated carbocycles. The smallest absolute Gasteiger partial charge is 0.289 e. The summed E-state index contributed by atoms with van der Waals surface area (Å²) in [6.45, 7) is 3.64. The van der Waals surface area contributed by atoms with Crippen LogP contribution in [0.1, 0.15) is 38.3 Å². The van der Waals surface area contributed by atoms with E-state index < -0.39 is 26.7 Å². The lowest BCUT2D eigenvalue weighted by molar-refractivity contribution is -0.387. The van der Waals surface area contributed by atoms with E-state index >= 15 is 0 Å². The molecule has 3 rings (SSSR count). The van der Waals surface area contributed by atoms with E-state index in [1.54, 1.807) is 36.1 Å². The summed E-state index contributed by atoms with van der Waals surface area (Å²) >= 11 is 0. The van der Waals surface area contributed by atoms with Crippen molar-refractivity contribution < 1.29 is 18.1 Å². The molecule has 1 amide bonds. The van der Waals surface area contributed by atoms with E-state index in [0.717, 1.165) is 6.07 Å². The lowest BCUT2D eigenvalue weighted by Crippen LogP contribution is -2.46. The van der Waals surface area contributed by atoms with Crippen molar-refractivity contribution >= 4 is 27.3 Å². The molecular weight excluding hydrogens is 382 g/mol. The van der Waals surface area contributed by atoms with Gasteiger partial charge in [-0.25, -0.2) is 13.1 Å². The van der Waals surface area contributed by atoms with E-state index in [4.69, 9.17) is 0 Å². The van der Waals surface area contributed by atoms with Gasteiger partial charge < -0.3 is 4.90 Å². The minimum atomic E-state index is -4.14. The number of sulfonamides is 1. The second kappa shape index (κ2) is 7.69. The Morgan fingerprint density at radius 1 is 1.21 bits per heavy atom. The summed E-state index contributed by atoms with van der Waals surface area (Å²) < 4.78 is 28.4. The number of carbonyl (C=O) groups is 1. The Morgan fingerprint density at radius 2 is 1.86 bits per heavy atom. The van der Waals surface area contributed by atoms with E-state index in [9.17, 15) is 23.3 Å². The standard InChI is InChI=1S/C19H21N3O5S/c1-3-19(23)21-13(2)12-15(14-8-4-5-9-16(14)21)20-28(26,27)18-11-7-6-10-17(18)22(24)25/h4-11,13,15,20H,3,12H2,1-2H3. The third kappa shape index (κ3) is 3.63. The first-order valence-corrected chi connectivity index (χ1v) is 10.4. The number of carbonyl (C=O) groups excluding carboxylic acids is 1. The fraction of sp³-hybridized carbons (Fsp3) is 0.316. The summed E-state index contributed by atoms with van der Waals surface area (Å²) in [5.74, 6) is -0.0417. The van der Waals surface area contributed by atoms with Gasteiger partial charge in [0.2, 0.25) is 15.9 Å². The van der Waals surface area contributed by atoms with Gasteiger partial charge in [-0.2, -0.15) is 0 Å². The summed E-state index contributed by atoms with van der Waals surface area (Å²) in [5, 5.41) is 11.2. The number of benzene rings is 2. The van der Waals surface area contributed by atoms with Crippen LogP contribution < -0.4 is 9.62 Å². The third-order valence-corrected chi connectivity index (χ3v) is 6.33. The van der Waals surface area contributed by atoms with Crippen molar-refractivity contribution in [2.24, 2.45) is 0 Å². The third-order valence-electron chi connectivity index (χ3n) is 4.81. The van der Waals surface area contributed by atoms with Crippen molar-refractivity contribution in [3.05, 3.63) is 64.2 Å². The maximum absolute atomic E-state index is 12.9. The average molecular weight is 403 g/mol. The average Bonchev–Trinajstić information content (AvgIpc) is 2.67. The van der Waals surface area contributed by atoms with Gasteiger partial charge in [-0.05, 0) is 31.0 Å². The second-order valence-electron chi connectivity index (χ2n) is 6.66. The zero-order valence-corrected chi connectivity index (χ0v) is 16.3. The molecule has 1 aliphatic heterocycles. The molecule has 148 valence electrons. The molecule has 9 heteroatoms. The number of fused-ring (bicyclic) bond motifs is 1. The topological polar surface area (TPSA) is 110 Å². The first kappa shape index (κ1) is 20.0. The fourth-order valence-electron chi connectivity index (χ4n) is 3.56. The zero-order chi connectivity index (χ0) is 20.5. The second-order valence-corrected chi connectivity index (χ2v) is 8.34. The van der Waals surface area contributed by atoms with E-state index in [1.165, 1.54) is 18.2 Å². The first-order valence-electron chi connectivity index (χ1n) is 8.93. The van der Waals surface area contributed by atoms with Crippen LogP contribution in [-0.4, -0.2) is 25.3 Å². The Labute approximate surface area is 163 Å². The minimum absolute atomic E-state index is 0.0417. The monoisotopic (exact) mass is 403 g/mol. The van der Waals surface area contributed by atoms with E-state index in [-0.39, 0.29) is 16.8 Å². The number of hydrogen-bond donors (Lipinski definition) is 1. The SMILES string of the molecule is CCC(=O)N1c2ccccc2C(NS(=O)(=O)c2ccccc2[N+](=O)[O-])CC1C. The van der Waals surface area contributed by atoms with Crippen molar-refractivity contribution in [2.45, 2.75) is 43.7 Å². The molecule has 2 unspecified atom stereocenters. The molecule has 0 aliphatic carbocycles. The van der Waals surface area contributed by atoms with Gasteiger partial charge in [-0.1, -0.05) is 37.3 Å². The Bertz CT molecular complexity index is 1020. The molecular formula is C19H21N3O5S. The number of anilines is 1. The molecule has 0 saturated heterocycles. The van der Waals surface area contributed by atoms with Crippen molar-refractivity contribution in [1.82, 2.24) is 4.72 Å². The summed E-state index contributed by atoms with van der Waals surface area (Å²) in [6, 6.07) is 11.5. The van der Waals surface area contributed by atoms with Crippen molar-refractivity contribution in [3.8, 4) is 0 Å². The predicted molar refractivity (Wildman–Crippen MR) is 104 cm³/mol. The molecule has 1 heterocycles. The van der Waals surface area contributed by atoms with Gasteiger partial charge in [-0.3, -0.25) is 14.9 Å². The van der Waals surface area contributed by atoms with E-state index in [0.29, 0.717) is 24.1 Å². The van der Waals surface area contributed by atoms with E-state index in [1.807, 2.05) is 6.92 Å². The number of hydrogen-bond acceptors (Lipinski definition) is 5. The molecule has 1 N–H and O–H groups in total. The highest BCUT2D eigenvalue weighted by Gasteiger charge is 2.36. The van der Waals surface area contributed by atoms with Crippen LogP contribution >= 0.6 is 0 Å². The highest BCUT2D eigenvalue weighted by atomic mass is 32.2. The van der Waals surface area contributed by atoms with Gasteiger partial charge in [-0.15, -0.1) is 0 Å². The number of nitrogens with one attached hydrogen (secondary N) is 1. The molecule has 2 aromatic rings. The number of rotatable bonds is 5. The van der Waals surface area contributed by atoms with Crippen LogP contribution in [-0.2, 0) is 14.8 Å². The summed E-state index contributed by atoms with van der Waals surface area (Å²) in [7, 11) is -4.14. The van der Waals surface area contributed by atoms with Crippen LogP contribution in [0.25, 0.3) is 0 Å². The predicted octanol–water partition coefficient (Wildman–Crippen LogP) is 3.15. The molecule has 8 nitrogen and oxygen atoms in total. The van der Waals surface area contributed by atoms with Crippen molar-refractivity contribution in [2.75, 3.05) is 4.90 Å². The Morgan fingerprint density at radius 3 is 2.54 bits per heavy atom. The minimum Gasteiger partial charge on any atom is -0.309 e. The number of amides is 1. The Hall–Kier alpha value is -2.78. The van der Waals surface area contributed by atoms with Gasteiger partial charge in [0.25, 0.3) is 5.69 Å². The molecule has 0 fully saturated rings. The molecule has 0 radical (unpaired) electrons. The van der Waals surface area contributed by atoms with Gasteiger partial charge in [0.15, 0.2) is 4.90 Å². The molecule has 0 spiro atoms. The van der Waals surface area contributed by atoms with Gasteiger partial charge in [0, 0.05) is 24.2 Å². The number of nitro groups is 1. The molecule has 0 aromatic heterocycles. The van der Waals surface area contributed by atoms with Crippen LogP contribution in [0.5, 0.6) is 0 Å². The van der Waals surface area contributed by atoms with Crippen molar-refractivity contribution in [1.29, 1.82) is 0 Å². The van der Waals surface area contributed by atoms with Gasteiger partial charge in [0.05, 0.1) is 11.0 Å². The fourth-order valence-corrected chi connectivity index (χ4v) is 4.96. The lowest BCUT2D eigenvalue weighted by atomic mass is 9.92. The van der Waals surface area contributed by atoms with Gasteiger partial charge >= 0.3 is 0 Å². The zero-order valence-electron chi connectivity index (χ0n) is 15.5. The molecule has 2 aromatic carbocycles. The van der Waals surface area contributed by atoms with Crippen LogP contribution in [0.15, 0.2) is 53.4 Å². The first-order chi connectivity index (χ1) is 13.3. The molecule has 2 atom stereocenters. The highest BCUT2D eigenvalue weighted by molar-refractivity contribution is 7.89. The van der Waals surface area contributed by atoms with Crippen LogP contribution in [0.2, 0.25) is 0 Å². The number of para-hydroxylation sites is 2. The highest BCUT2D eigenvalue weighted by Crippen LogP contribution is 2.38. The quantitative estimate of drug-likeness (QED) is 0.609. The molecule has 28 heavy (non-hydrogen) atoms. The van der Waals surface area contributed by atoms with Crippen LogP contribution in [0.3, 0.4) is 0 Å².